The Morgan fingerprint density at radius 3 is 2.55 bits per heavy atom. The minimum atomic E-state index is 0.103. The van der Waals surface area contributed by atoms with Crippen LogP contribution in [0.5, 0.6) is 0 Å². The summed E-state index contributed by atoms with van der Waals surface area (Å²) in [5.74, 6) is 0.600. The van der Waals surface area contributed by atoms with Crippen molar-refractivity contribution >= 4 is 0 Å². The molecule has 1 atom stereocenters. The highest BCUT2D eigenvalue weighted by atomic mass is 16.5. The quantitative estimate of drug-likeness (QED) is 0.528. The molecule has 0 bridgehead atoms. The van der Waals surface area contributed by atoms with E-state index in [4.69, 9.17) is 4.74 Å². The van der Waals surface area contributed by atoms with E-state index in [0.717, 1.165) is 13.0 Å². The van der Waals surface area contributed by atoms with E-state index in [1.165, 1.54) is 12.0 Å². The Balaban J connectivity index is 2.42. The van der Waals surface area contributed by atoms with Crippen molar-refractivity contribution in [3.05, 3.63) is 12.2 Å². The Morgan fingerprint density at radius 1 is 1.55 bits per heavy atom. The molecule has 0 aromatic carbocycles. The van der Waals surface area contributed by atoms with Crippen LogP contribution in [0.3, 0.4) is 0 Å². The zero-order chi connectivity index (χ0) is 8.48. The van der Waals surface area contributed by atoms with Crippen molar-refractivity contribution in [2.45, 2.75) is 39.2 Å². The summed E-state index contributed by atoms with van der Waals surface area (Å²) >= 11 is 0. The molecule has 0 saturated carbocycles. The predicted octanol–water partition coefficient (Wildman–Crippen LogP) is 2.77. The van der Waals surface area contributed by atoms with Crippen LogP contribution in [-0.2, 0) is 4.74 Å². The maximum absolute atomic E-state index is 5.68. The number of rotatable bonds is 1. The Hall–Kier alpha value is -0.300. The molecule has 0 aliphatic carbocycles. The van der Waals surface area contributed by atoms with Gasteiger partial charge in [0.2, 0.25) is 0 Å². The Kier molecular flexibility index (Phi) is 2.38. The van der Waals surface area contributed by atoms with Crippen molar-refractivity contribution < 1.29 is 4.74 Å². The fourth-order valence-corrected chi connectivity index (χ4v) is 1.39. The summed E-state index contributed by atoms with van der Waals surface area (Å²) in [5, 5.41) is 0. The standard InChI is InChI=1S/C10H18O/c1-8(2)9-5-6-10(3,4)11-7-9/h9H,1,5-7H2,2-4H3. The lowest BCUT2D eigenvalue weighted by molar-refractivity contribution is -0.0691. The number of ether oxygens (including phenoxy) is 1. The Bertz CT molecular complexity index is 148. The molecule has 0 radical (unpaired) electrons. The second-order valence-electron chi connectivity index (χ2n) is 4.15. The molecule has 1 heteroatoms. The van der Waals surface area contributed by atoms with Crippen LogP contribution in [0.2, 0.25) is 0 Å². The van der Waals surface area contributed by atoms with E-state index in [9.17, 15) is 0 Å². The van der Waals surface area contributed by atoms with Crippen molar-refractivity contribution in [3.8, 4) is 0 Å². The topological polar surface area (TPSA) is 9.23 Å². The van der Waals surface area contributed by atoms with Crippen molar-refractivity contribution in [2.75, 3.05) is 6.61 Å². The highest BCUT2D eigenvalue weighted by Crippen LogP contribution is 2.30. The van der Waals surface area contributed by atoms with Gasteiger partial charge in [-0.25, -0.2) is 0 Å². The molecule has 1 rings (SSSR count). The van der Waals surface area contributed by atoms with E-state index >= 15 is 0 Å². The summed E-state index contributed by atoms with van der Waals surface area (Å²) in [4.78, 5) is 0. The molecule has 1 aliphatic heterocycles. The fourth-order valence-electron chi connectivity index (χ4n) is 1.39. The molecule has 1 heterocycles. The maximum atomic E-state index is 5.68. The van der Waals surface area contributed by atoms with Gasteiger partial charge < -0.3 is 4.74 Å². The van der Waals surface area contributed by atoms with Gasteiger partial charge in [0.05, 0.1) is 12.2 Å². The molecule has 11 heavy (non-hydrogen) atoms. The first kappa shape index (κ1) is 8.79. The third-order valence-electron chi connectivity index (χ3n) is 2.47. The van der Waals surface area contributed by atoms with Crippen LogP contribution in [0.25, 0.3) is 0 Å². The summed E-state index contributed by atoms with van der Waals surface area (Å²) in [6, 6.07) is 0. The van der Waals surface area contributed by atoms with Crippen LogP contribution in [0.15, 0.2) is 12.2 Å². The van der Waals surface area contributed by atoms with E-state index in [1.54, 1.807) is 0 Å². The monoisotopic (exact) mass is 154 g/mol. The molecule has 64 valence electrons. The average molecular weight is 154 g/mol. The van der Waals surface area contributed by atoms with Crippen LogP contribution in [0.4, 0.5) is 0 Å². The molecule has 0 aromatic rings. The van der Waals surface area contributed by atoms with Gasteiger partial charge in [-0.05, 0) is 33.6 Å². The summed E-state index contributed by atoms with van der Waals surface area (Å²) in [7, 11) is 0. The lowest BCUT2D eigenvalue weighted by Gasteiger charge is -2.34. The summed E-state index contributed by atoms with van der Waals surface area (Å²) in [5.41, 5.74) is 1.37. The highest BCUT2D eigenvalue weighted by molar-refractivity contribution is 4.98. The van der Waals surface area contributed by atoms with Gasteiger partial charge in [-0.2, -0.15) is 0 Å². The second-order valence-corrected chi connectivity index (χ2v) is 4.15. The van der Waals surface area contributed by atoms with Gasteiger partial charge in [0.15, 0.2) is 0 Å². The predicted molar refractivity (Wildman–Crippen MR) is 47.6 cm³/mol. The van der Waals surface area contributed by atoms with Crippen molar-refractivity contribution in [2.24, 2.45) is 5.92 Å². The van der Waals surface area contributed by atoms with Crippen LogP contribution in [-0.4, -0.2) is 12.2 Å². The first-order valence-electron chi connectivity index (χ1n) is 4.31. The second kappa shape index (κ2) is 2.98. The van der Waals surface area contributed by atoms with Crippen molar-refractivity contribution in [3.63, 3.8) is 0 Å². The molecular formula is C10H18O. The molecule has 1 fully saturated rings. The van der Waals surface area contributed by atoms with E-state index < -0.39 is 0 Å². The van der Waals surface area contributed by atoms with Gasteiger partial charge in [0.25, 0.3) is 0 Å². The number of hydrogen-bond donors (Lipinski definition) is 0. The third-order valence-corrected chi connectivity index (χ3v) is 2.47. The van der Waals surface area contributed by atoms with Crippen molar-refractivity contribution in [1.82, 2.24) is 0 Å². The zero-order valence-corrected chi connectivity index (χ0v) is 7.81. The number of hydrogen-bond acceptors (Lipinski definition) is 1. The third kappa shape index (κ3) is 2.33. The minimum absolute atomic E-state index is 0.103. The van der Waals surface area contributed by atoms with Gasteiger partial charge in [-0.3, -0.25) is 0 Å². The van der Waals surface area contributed by atoms with Crippen LogP contribution < -0.4 is 0 Å². The summed E-state index contributed by atoms with van der Waals surface area (Å²) in [6.07, 6.45) is 2.40. The van der Waals surface area contributed by atoms with Gasteiger partial charge in [0, 0.05) is 5.92 Å². The molecule has 0 amide bonds. The Morgan fingerprint density at radius 2 is 2.18 bits per heavy atom. The molecule has 0 aromatic heterocycles. The molecule has 1 unspecified atom stereocenters. The zero-order valence-electron chi connectivity index (χ0n) is 7.81. The smallest absolute Gasteiger partial charge is 0.0627 e. The summed E-state index contributed by atoms with van der Waals surface area (Å²) in [6.45, 7) is 11.2. The maximum Gasteiger partial charge on any atom is 0.0627 e. The molecular weight excluding hydrogens is 136 g/mol. The molecule has 0 spiro atoms. The van der Waals surface area contributed by atoms with E-state index in [1.807, 2.05) is 0 Å². The molecule has 1 nitrogen and oxygen atoms in total. The van der Waals surface area contributed by atoms with Crippen LogP contribution in [0.1, 0.15) is 33.6 Å². The first-order valence-corrected chi connectivity index (χ1v) is 4.31. The lowest BCUT2D eigenvalue weighted by atomic mass is 9.88. The van der Waals surface area contributed by atoms with Gasteiger partial charge in [0.1, 0.15) is 0 Å². The SMILES string of the molecule is C=C(C)C1CCC(C)(C)OC1. The minimum Gasteiger partial charge on any atom is -0.375 e. The Labute approximate surface area is 69.4 Å². The molecule has 1 aliphatic rings. The van der Waals surface area contributed by atoms with Gasteiger partial charge in [-0.1, -0.05) is 12.2 Å². The molecule has 1 saturated heterocycles. The highest BCUT2D eigenvalue weighted by Gasteiger charge is 2.27. The largest absolute Gasteiger partial charge is 0.375 e. The molecule has 0 N–H and O–H groups in total. The average Bonchev–Trinajstić information content (AvgIpc) is 1.86. The van der Waals surface area contributed by atoms with Gasteiger partial charge in [-0.15, -0.1) is 0 Å². The van der Waals surface area contributed by atoms with E-state index in [2.05, 4.69) is 27.4 Å². The van der Waals surface area contributed by atoms with Crippen LogP contribution >= 0.6 is 0 Å². The fraction of sp³-hybridized carbons (Fsp3) is 0.800. The van der Waals surface area contributed by atoms with Crippen molar-refractivity contribution in [1.29, 1.82) is 0 Å². The first-order chi connectivity index (χ1) is 5.01. The van der Waals surface area contributed by atoms with E-state index in [-0.39, 0.29) is 5.60 Å². The van der Waals surface area contributed by atoms with Crippen LogP contribution in [0, 0.1) is 5.92 Å². The summed E-state index contributed by atoms with van der Waals surface area (Å²) < 4.78 is 5.68. The normalized spacial score (nSPS) is 29.9. The van der Waals surface area contributed by atoms with Gasteiger partial charge >= 0.3 is 0 Å². The van der Waals surface area contributed by atoms with E-state index in [0.29, 0.717) is 5.92 Å². The lowest BCUT2D eigenvalue weighted by Crippen LogP contribution is -2.33.